The predicted octanol–water partition coefficient (Wildman–Crippen LogP) is 1.03. The van der Waals surface area contributed by atoms with Crippen molar-refractivity contribution in [1.29, 1.82) is 0 Å². The Hall–Kier alpha value is -1.31. The Morgan fingerprint density at radius 2 is 1.95 bits per heavy atom. The monoisotopic (exact) mass is 313 g/mol. The minimum Gasteiger partial charge on any atom is -0.460 e. The average molecular weight is 314 g/mol. The van der Waals surface area contributed by atoms with Crippen LogP contribution in [0.25, 0.3) is 10.9 Å². The van der Waals surface area contributed by atoms with E-state index in [1.807, 2.05) is 0 Å². The lowest BCUT2D eigenvalue weighted by atomic mass is 10.00. The highest BCUT2D eigenvalue weighted by Crippen LogP contribution is 2.31. The largest absolute Gasteiger partial charge is 0.460 e. The molecule has 1 fully saturated rings. The first-order valence-electron chi connectivity index (χ1n) is 6.60. The highest BCUT2D eigenvalue weighted by molar-refractivity contribution is 6.31. The topological polar surface area (TPSA) is 94.9 Å². The lowest BCUT2D eigenvalue weighted by molar-refractivity contribution is -0.267. The SMILES string of the molecule is C[C@H]1O[C@@H](Oc2c[nH]c3cc(Cl)ccc23)[C@H](O)[C@@H](O)[C@@H]1O. The summed E-state index contributed by atoms with van der Waals surface area (Å²) in [4.78, 5) is 3.01. The van der Waals surface area contributed by atoms with Crippen molar-refractivity contribution in [1.82, 2.24) is 4.98 Å². The number of nitrogens with one attached hydrogen (secondary N) is 1. The molecule has 5 atom stereocenters. The minimum atomic E-state index is -1.34. The summed E-state index contributed by atoms with van der Waals surface area (Å²) >= 11 is 5.91. The molecule has 0 amide bonds. The van der Waals surface area contributed by atoms with Gasteiger partial charge in [-0.2, -0.15) is 0 Å². The number of H-pyrrole nitrogens is 1. The van der Waals surface area contributed by atoms with Gasteiger partial charge in [0.15, 0.2) is 0 Å². The molecule has 6 nitrogen and oxygen atoms in total. The zero-order valence-electron chi connectivity index (χ0n) is 11.2. The molecule has 7 heteroatoms. The highest BCUT2D eigenvalue weighted by Gasteiger charge is 2.43. The van der Waals surface area contributed by atoms with Gasteiger partial charge in [0.25, 0.3) is 0 Å². The Morgan fingerprint density at radius 3 is 2.71 bits per heavy atom. The van der Waals surface area contributed by atoms with Crippen molar-refractivity contribution in [3.63, 3.8) is 0 Å². The van der Waals surface area contributed by atoms with E-state index < -0.39 is 30.7 Å². The number of aliphatic hydroxyl groups is 3. The normalized spacial score (nSPS) is 33.3. The van der Waals surface area contributed by atoms with Crippen molar-refractivity contribution in [3.8, 4) is 5.75 Å². The van der Waals surface area contributed by atoms with Gasteiger partial charge in [-0.05, 0) is 25.1 Å². The molecule has 2 heterocycles. The van der Waals surface area contributed by atoms with Crippen molar-refractivity contribution < 1.29 is 24.8 Å². The van der Waals surface area contributed by atoms with E-state index in [4.69, 9.17) is 21.1 Å². The van der Waals surface area contributed by atoms with Crippen molar-refractivity contribution in [2.45, 2.75) is 37.6 Å². The maximum Gasteiger partial charge on any atom is 0.229 e. The smallest absolute Gasteiger partial charge is 0.229 e. The van der Waals surface area contributed by atoms with Crippen LogP contribution >= 0.6 is 11.6 Å². The van der Waals surface area contributed by atoms with Crippen LogP contribution in [0, 0.1) is 0 Å². The van der Waals surface area contributed by atoms with Crippen molar-refractivity contribution >= 4 is 22.5 Å². The molecule has 0 unspecified atom stereocenters. The van der Waals surface area contributed by atoms with Crippen LogP contribution in [0.1, 0.15) is 6.92 Å². The fraction of sp³-hybridized carbons (Fsp3) is 0.429. The lowest BCUT2D eigenvalue weighted by Gasteiger charge is -2.38. The molecule has 1 aromatic carbocycles. The van der Waals surface area contributed by atoms with Crippen LogP contribution in [-0.2, 0) is 4.74 Å². The molecule has 1 saturated heterocycles. The van der Waals surface area contributed by atoms with E-state index in [1.165, 1.54) is 0 Å². The molecule has 0 aliphatic carbocycles. The summed E-state index contributed by atoms with van der Waals surface area (Å²) in [6.45, 7) is 1.60. The molecule has 0 radical (unpaired) electrons. The van der Waals surface area contributed by atoms with Crippen LogP contribution in [0.2, 0.25) is 5.02 Å². The van der Waals surface area contributed by atoms with Crippen molar-refractivity contribution in [2.75, 3.05) is 0 Å². The molecule has 0 bridgehead atoms. The third-order valence-corrected chi connectivity index (χ3v) is 3.89. The van der Waals surface area contributed by atoms with Gasteiger partial charge >= 0.3 is 0 Å². The van der Waals surface area contributed by atoms with Gasteiger partial charge in [0, 0.05) is 16.6 Å². The van der Waals surface area contributed by atoms with Gasteiger partial charge in [-0.25, -0.2) is 0 Å². The minimum absolute atomic E-state index is 0.474. The lowest BCUT2D eigenvalue weighted by Crippen LogP contribution is -2.58. The number of hydrogen-bond donors (Lipinski definition) is 4. The second-order valence-corrected chi connectivity index (χ2v) is 5.58. The van der Waals surface area contributed by atoms with E-state index in [0.29, 0.717) is 10.8 Å². The number of benzene rings is 1. The van der Waals surface area contributed by atoms with Gasteiger partial charge in [-0.1, -0.05) is 11.6 Å². The fourth-order valence-corrected chi connectivity index (χ4v) is 2.58. The second kappa shape index (κ2) is 5.47. The quantitative estimate of drug-likeness (QED) is 0.664. The summed E-state index contributed by atoms with van der Waals surface area (Å²) < 4.78 is 11.0. The number of aromatic nitrogens is 1. The number of ether oxygens (including phenoxy) is 2. The van der Waals surface area contributed by atoms with Crippen LogP contribution in [-0.4, -0.2) is 51.0 Å². The standard InChI is InChI=1S/C14H16ClNO5/c1-6-11(17)12(18)13(19)14(20-6)21-10-5-16-9-4-7(15)2-3-8(9)10/h2-6,11-14,16-19H,1H3/t6-,11-,12+,13-,14+/m1/s1. The molecule has 4 N–H and O–H groups in total. The molecule has 21 heavy (non-hydrogen) atoms. The van der Waals surface area contributed by atoms with Crippen molar-refractivity contribution in [3.05, 3.63) is 29.4 Å². The van der Waals surface area contributed by atoms with Gasteiger partial charge in [0.1, 0.15) is 24.1 Å². The summed E-state index contributed by atoms with van der Waals surface area (Å²) in [6.07, 6.45) is -3.89. The maximum absolute atomic E-state index is 9.95. The Bertz CT molecular complexity index is 645. The molecule has 3 rings (SSSR count). The summed E-state index contributed by atoms with van der Waals surface area (Å²) in [5.74, 6) is 0.474. The number of aliphatic hydroxyl groups excluding tert-OH is 3. The number of hydrogen-bond acceptors (Lipinski definition) is 5. The van der Waals surface area contributed by atoms with E-state index in [9.17, 15) is 15.3 Å². The molecule has 1 aromatic heterocycles. The number of halogens is 1. The molecular formula is C14H16ClNO5. The van der Waals surface area contributed by atoms with Gasteiger partial charge in [-0.15, -0.1) is 0 Å². The Morgan fingerprint density at radius 1 is 1.19 bits per heavy atom. The van der Waals surface area contributed by atoms with Gasteiger partial charge < -0.3 is 29.8 Å². The molecule has 0 spiro atoms. The van der Waals surface area contributed by atoms with Gasteiger partial charge in [0.05, 0.1) is 11.6 Å². The third-order valence-electron chi connectivity index (χ3n) is 3.66. The zero-order valence-corrected chi connectivity index (χ0v) is 12.0. The third kappa shape index (κ3) is 2.61. The highest BCUT2D eigenvalue weighted by atomic mass is 35.5. The maximum atomic E-state index is 9.95. The first-order chi connectivity index (χ1) is 9.97. The van der Waals surface area contributed by atoms with Crippen LogP contribution in [0.4, 0.5) is 0 Å². The Balaban J connectivity index is 1.85. The van der Waals surface area contributed by atoms with E-state index >= 15 is 0 Å². The molecule has 114 valence electrons. The van der Waals surface area contributed by atoms with E-state index in [-0.39, 0.29) is 0 Å². The Kier molecular flexibility index (Phi) is 3.81. The summed E-state index contributed by atoms with van der Waals surface area (Å²) in [5, 5.41) is 30.8. The Labute approximate surface area is 125 Å². The van der Waals surface area contributed by atoms with Crippen LogP contribution in [0.15, 0.2) is 24.4 Å². The predicted molar refractivity (Wildman–Crippen MR) is 76.3 cm³/mol. The van der Waals surface area contributed by atoms with Gasteiger partial charge in [0.2, 0.25) is 6.29 Å². The van der Waals surface area contributed by atoms with Crippen molar-refractivity contribution in [2.24, 2.45) is 0 Å². The molecule has 0 saturated carbocycles. The van der Waals surface area contributed by atoms with Crippen LogP contribution in [0.3, 0.4) is 0 Å². The van der Waals surface area contributed by atoms with Gasteiger partial charge in [-0.3, -0.25) is 0 Å². The number of aromatic amines is 1. The molecular weight excluding hydrogens is 298 g/mol. The number of rotatable bonds is 2. The van der Waals surface area contributed by atoms with E-state index in [2.05, 4.69) is 4.98 Å². The molecule has 1 aliphatic heterocycles. The fourth-order valence-electron chi connectivity index (χ4n) is 2.41. The van der Waals surface area contributed by atoms with Crippen LogP contribution in [0.5, 0.6) is 5.75 Å². The zero-order chi connectivity index (χ0) is 15.1. The summed E-state index contributed by atoms with van der Waals surface area (Å²) in [7, 11) is 0. The van der Waals surface area contributed by atoms with E-state index in [0.717, 1.165) is 10.9 Å². The number of fused-ring (bicyclic) bond motifs is 1. The summed E-state index contributed by atoms with van der Waals surface area (Å²) in [6, 6.07) is 5.26. The van der Waals surface area contributed by atoms with E-state index in [1.54, 1.807) is 31.3 Å². The first kappa shape index (κ1) is 14.6. The first-order valence-corrected chi connectivity index (χ1v) is 6.98. The van der Waals surface area contributed by atoms with Crippen LogP contribution < -0.4 is 4.74 Å². The summed E-state index contributed by atoms with van der Waals surface area (Å²) in [5.41, 5.74) is 0.788. The molecule has 1 aliphatic rings. The second-order valence-electron chi connectivity index (χ2n) is 5.14. The molecule has 2 aromatic rings. The average Bonchev–Trinajstić information content (AvgIpc) is 2.84.